The fourth-order valence-corrected chi connectivity index (χ4v) is 2.75. The Balaban J connectivity index is 2.02. The van der Waals surface area contributed by atoms with Gasteiger partial charge in [0.25, 0.3) is 0 Å². The Morgan fingerprint density at radius 3 is 3.11 bits per heavy atom. The van der Waals surface area contributed by atoms with E-state index < -0.39 is 6.10 Å². The number of nitrogens with zero attached hydrogens (tertiary/aromatic N) is 1. The number of nitrogens with one attached hydrogen (secondary N) is 1. The number of aliphatic hydroxyl groups is 1. The largest absolute Gasteiger partial charge is 0.387 e. The van der Waals surface area contributed by atoms with Crippen molar-refractivity contribution in [1.82, 2.24) is 10.2 Å². The van der Waals surface area contributed by atoms with E-state index in [4.69, 9.17) is 11.6 Å². The number of benzene rings is 1. The molecule has 1 aliphatic heterocycles. The lowest BCUT2D eigenvalue weighted by Crippen LogP contribution is -2.43. The zero-order valence-corrected chi connectivity index (χ0v) is 11.7. The topological polar surface area (TPSA) is 52.6 Å². The number of hydrogen-bond donors (Lipinski definition) is 2. The molecule has 1 aromatic rings. The predicted octanol–water partition coefficient (Wildman–Crippen LogP) is 1.58. The molecule has 1 heterocycles. The molecule has 19 heavy (non-hydrogen) atoms. The first-order valence-electron chi connectivity index (χ1n) is 6.51. The summed E-state index contributed by atoms with van der Waals surface area (Å²) in [5, 5.41) is 13.5. The minimum absolute atomic E-state index is 0.0239. The molecule has 0 aliphatic carbocycles. The molecule has 1 aromatic carbocycles. The van der Waals surface area contributed by atoms with Gasteiger partial charge in [0.05, 0.1) is 12.1 Å². The number of β-amino-alcohol motifs (C(OH)–C–C–N with tert-alkyl or cyclic N) is 1. The minimum Gasteiger partial charge on any atom is -0.387 e. The molecule has 1 saturated heterocycles. The molecule has 0 saturated carbocycles. The zero-order chi connectivity index (χ0) is 13.8. The molecule has 5 heteroatoms. The monoisotopic (exact) mass is 282 g/mol. The molecular formula is C14H19ClN2O2. The molecule has 2 unspecified atom stereocenters. The van der Waals surface area contributed by atoms with Crippen molar-refractivity contribution in [2.45, 2.75) is 25.0 Å². The van der Waals surface area contributed by atoms with Crippen molar-refractivity contribution in [3.05, 3.63) is 34.9 Å². The van der Waals surface area contributed by atoms with Crippen LogP contribution in [0.25, 0.3) is 0 Å². The van der Waals surface area contributed by atoms with E-state index in [1.54, 1.807) is 19.2 Å². The Morgan fingerprint density at radius 2 is 2.42 bits per heavy atom. The molecule has 0 radical (unpaired) electrons. The molecule has 2 atom stereocenters. The van der Waals surface area contributed by atoms with Gasteiger partial charge in [0, 0.05) is 18.6 Å². The van der Waals surface area contributed by atoms with Crippen LogP contribution in [0.3, 0.4) is 0 Å². The van der Waals surface area contributed by atoms with Gasteiger partial charge in [0.1, 0.15) is 0 Å². The van der Waals surface area contributed by atoms with Crippen LogP contribution in [0.1, 0.15) is 24.5 Å². The molecule has 104 valence electrons. The second-order valence-corrected chi connectivity index (χ2v) is 5.27. The molecular weight excluding hydrogens is 264 g/mol. The lowest BCUT2D eigenvalue weighted by atomic mass is 10.1. The molecule has 2 N–H and O–H groups in total. The number of halogens is 1. The quantitative estimate of drug-likeness (QED) is 0.882. The van der Waals surface area contributed by atoms with Crippen LogP contribution in [-0.2, 0) is 4.79 Å². The average Bonchev–Trinajstić information content (AvgIpc) is 2.86. The molecule has 0 bridgehead atoms. The standard InChI is InChI=1S/C14H19ClN2O2/c1-16-14(19)12-6-3-7-17(12)9-13(18)10-4-2-5-11(15)8-10/h2,4-5,8,12-13,18H,3,6-7,9H2,1H3,(H,16,19). The lowest BCUT2D eigenvalue weighted by Gasteiger charge is -2.25. The van der Waals surface area contributed by atoms with Crippen molar-refractivity contribution in [2.75, 3.05) is 20.1 Å². The van der Waals surface area contributed by atoms with Crippen LogP contribution in [0, 0.1) is 0 Å². The van der Waals surface area contributed by atoms with Gasteiger partial charge in [-0.25, -0.2) is 0 Å². The summed E-state index contributed by atoms with van der Waals surface area (Å²) < 4.78 is 0. The maximum Gasteiger partial charge on any atom is 0.237 e. The van der Waals surface area contributed by atoms with Gasteiger partial charge < -0.3 is 10.4 Å². The average molecular weight is 283 g/mol. The van der Waals surface area contributed by atoms with E-state index >= 15 is 0 Å². The third kappa shape index (κ3) is 3.47. The highest BCUT2D eigenvalue weighted by Crippen LogP contribution is 2.23. The van der Waals surface area contributed by atoms with Crippen molar-refractivity contribution in [3.8, 4) is 0 Å². The van der Waals surface area contributed by atoms with E-state index in [0.29, 0.717) is 11.6 Å². The highest BCUT2D eigenvalue weighted by atomic mass is 35.5. The number of aliphatic hydroxyl groups excluding tert-OH is 1. The van der Waals surface area contributed by atoms with Crippen molar-refractivity contribution >= 4 is 17.5 Å². The highest BCUT2D eigenvalue weighted by Gasteiger charge is 2.31. The third-order valence-electron chi connectivity index (χ3n) is 3.55. The van der Waals surface area contributed by atoms with Gasteiger partial charge in [-0.15, -0.1) is 0 Å². The molecule has 1 aliphatic rings. The fourth-order valence-electron chi connectivity index (χ4n) is 2.55. The van der Waals surface area contributed by atoms with Crippen LogP contribution in [-0.4, -0.2) is 42.1 Å². The Hall–Kier alpha value is -1.10. The number of rotatable bonds is 4. The summed E-state index contributed by atoms with van der Waals surface area (Å²) in [5.41, 5.74) is 0.787. The van der Waals surface area contributed by atoms with Crippen LogP contribution < -0.4 is 5.32 Å². The number of likely N-dealkylation sites (tertiary alicyclic amines) is 1. The zero-order valence-electron chi connectivity index (χ0n) is 11.0. The maximum atomic E-state index is 11.7. The molecule has 0 aromatic heterocycles. The smallest absolute Gasteiger partial charge is 0.237 e. The van der Waals surface area contributed by atoms with E-state index in [-0.39, 0.29) is 11.9 Å². The summed E-state index contributed by atoms with van der Waals surface area (Å²) >= 11 is 5.92. The minimum atomic E-state index is -0.621. The van der Waals surface area contributed by atoms with Crippen LogP contribution in [0.2, 0.25) is 5.02 Å². The van der Waals surface area contributed by atoms with E-state index in [2.05, 4.69) is 5.32 Å². The van der Waals surface area contributed by atoms with E-state index in [0.717, 1.165) is 24.9 Å². The number of hydrogen-bond acceptors (Lipinski definition) is 3. The Bertz CT molecular complexity index is 453. The molecule has 1 amide bonds. The van der Waals surface area contributed by atoms with Gasteiger partial charge in [-0.3, -0.25) is 9.69 Å². The second-order valence-electron chi connectivity index (χ2n) is 4.84. The van der Waals surface area contributed by atoms with Gasteiger partial charge in [0.2, 0.25) is 5.91 Å². The summed E-state index contributed by atoms with van der Waals surface area (Å²) in [7, 11) is 1.65. The lowest BCUT2D eigenvalue weighted by molar-refractivity contribution is -0.125. The first-order valence-corrected chi connectivity index (χ1v) is 6.89. The number of amides is 1. The Morgan fingerprint density at radius 1 is 1.63 bits per heavy atom. The summed E-state index contributed by atoms with van der Waals surface area (Å²) in [6, 6.07) is 7.08. The van der Waals surface area contributed by atoms with E-state index in [1.165, 1.54) is 0 Å². The van der Waals surface area contributed by atoms with Gasteiger partial charge in [-0.2, -0.15) is 0 Å². The third-order valence-corrected chi connectivity index (χ3v) is 3.79. The molecule has 0 spiro atoms. The van der Waals surface area contributed by atoms with Gasteiger partial charge >= 0.3 is 0 Å². The molecule has 2 rings (SSSR count). The van der Waals surface area contributed by atoms with Crippen LogP contribution in [0.5, 0.6) is 0 Å². The van der Waals surface area contributed by atoms with Crippen LogP contribution >= 0.6 is 11.6 Å². The maximum absolute atomic E-state index is 11.7. The Labute approximate surface area is 118 Å². The molecule has 1 fully saturated rings. The second kappa shape index (κ2) is 6.37. The first-order chi connectivity index (χ1) is 9.11. The fraction of sp³-hybridized carbons (Fsp3) is 0.500. The van der Waals surface area contributed by atoms with Crippen molar-refractivity contribution in [1.29, 1.82) is 0 Å². The SMILES string of the molecule is CNC(=O)C1CCCN1CC(O)c1cccc(Cl)c1. The highest BCUT2D eigenvalue weighted by molar-refractivity contribution is 6.30. The summed E-state index contributed by atoms with van der Waals surface area (Å²) in [6.45, 7) is 1.30. The Kier molecular flexibility index (Phi) is 4.80. The van der Waals surface area contributed by atoms with Gasteiger partial charge in [-0.05, 0) is 37.1 Å². The number of carbonyl (C=O) groups excluding carboxylic acids is 1. The summed E-state index contributed by atoms with van der Waals surface area (Å²) in [6.07, 6.45) is 1.21. The summed E-state index contributed by atoms with van der Waals surface area (Å²) in [5.74, 6) is 0.0239. The van der Waals surface area contributed by atoms with E-state index in [9.17, 15) is 9.90 Å². The first kappa shape index (κ1) is 14.3. The van der Waals surface area contributed by atoms with Gasteiger partial charge in [-0.1, -0.05) is 23.7 Å². The van der Waals surface area contributed by atoms with Crippen LogP contribution in [0.15, 0.2) is 24.3 Å². The van der Waals surface area contributed by atoms with Crippen molar-refractivity contribution in [2.24, 2.45) is 0 Å². The van der Waals surface area contributed by atoms with Crippen LogP contribution in [0.4, 0.5) is 0 Å². The van der Waals surface area contributed by atoms with Crippen molar-refractivity contribution in [3.63, 3.8) is 0 Å². The molecule has 4 nitrogen and oxygen atoms in total. The predicted molar refractivity (Wildman–Crippen MR) is 75.1 cm³/mol. The summed E-state index contributed by atoms with van der Waals surface area (Å²) in [4.78, 5) is 13.8. The number of carbonyl (C=O) groups is 1. The van der Waals surface area contributed by atoms with Crippen molar-refractivity contribution < 1.29 is 9.90 Å². The van der Waals surface area contributed by atoms with Gasteiger partial charge in [0.15, 0.2) is 0 Å². The normalized spacial score (nSPS) is 21.3. The van der Waals surface area contributed by atoms with E-state index in [1.807, 2.05) is 17.0 Å². The number of likely N-dealkylation sites (N-methyl/N-ethyl adjacent to an activating group) is 1.